The van der Waals surface area contributed by atoms with E-state index < -0.39 is 29.9 Å². The molecule has 2 rings (SSSR count). The molecule has 9 heteroatoms. The fraction of sp³-hybridized carbons (Fsp3) is 0.182. The molecule has 0 spiro atoms. The molecule has 0 aliphatic carbocycles. The third-order valence-electron chi connectivity index (χ3n) is 2.50. The van der Waals surface area contributed by atoms with E-state index in [0.29, 0.717) is 9.15 Å². The van der Waals surface area contributed by atoms with E-state index in [0.717, 1.165) is 6.07 Å². The van der Waals surface area contributed by atoms with E-state index >= 15 is 0 Å². The molecule has 0 fully saturated rings. The summed E-state index contributed by atoms with van der Waals surface area (Å²) in [6.45, 7) is -0.714. The lowest BCUT2D eigenvalue weighted by Crippen LogP contribution is -2.32. The standard InChI is InChI=1S/C11H7BrF3N3O2/c12-5-1-2-6-7(3-5)9(11(13,14)15)17-18(10(6)20)4-8(16)19/h1-3H,4H2,(H2,16,19). The SMILES string of the molecule is NC(=O)Cn1nc(C(F)(F)F)c2cc(Br)ccc2c1=O. The fourth-order valence-corrected chi connectivity index (χ4v) is 2.08. The molecule has 106 valence electrons. The normalized spacial score (nSPS) is 11.8. The zero-order chi connectivity index (χ0) is 15.1. The number of hydrogen-bond donors (Lipinski definition) is 1. The minimum Gasteiger partial charge on any atom is -0.368 e. The van der Waals surface area contributed by atoms with Gasteiger partial charge in [-0.3, -0.25) is 9.59 Å². The second-order valence-electron chi connectivity index (χ2n) is 3.97. The van der Waals surface area contributed by atoms with Crippen LogP contribution in [0.1, 0.15) is 5.69 Å². The van der Waals surface area contributed by atoms with Crippen LogP contribution < -0.4 is 11.3 Å². The summed E-state index contributed by atoms with van der Waals surface area (Å²) in [5.41, 5.74) is 2.85. The van der Waals surface area contributed by atoms with Crippen molar-refractivity contribution >= 4 is 32.6 Å². The van der Waals surface area contributed by atoms with Crippen molar-refractivity contribution in [2.45, 2.75) is 12.7 Å². The van der Waals surface area contributed by atoms with E-state index in [-0.39, 0.29) is 10.8 Å². The van der Waals surface area contributed by atoms with Gasteiger partial charge in [0.1, 0.15) is 6.54 Å². The molecule has 0 atom stereocenters. The molecular weight excluding hydrogens is 343 g/mol. The monoisotopic (exact) mass is 349 g/mol. The molecule has 0 saturated carbocycles. The number of amides is 1. The van der Waals surface area contributed by atoms with Crippen LogP contribution in [0.15, 0.2) is 27.5 Å². The zero-order valence-corrected chi connectivity index (χ0v) is 11.3. The van der Waals surface area contributed by atoms with Crippen molar-refractivity contribution < 1.29 is 18.0 Å². The highest BCUT2D eigenvalue weighted by Gasteiger charge is 2.36. The van der Waals surface area contributed by atoms with Gasteiger partial charge in [0.2, 0.25) is 5.91 Å². The summed E-state index contributed by atoms with van der Waals surface area (Å²) in [6.07, 6.45) is -4.76. The predicted octanol–water partition coefficient (Wildman–Crippen LogP) is 1.66. The highest BCUT2D eigenvalue weighted by molar-refractivity contribution is 9.10. The van der Waals surface area contributed by atoms with Crippen LogP contribution in [-0.2, 0) is 17.5 Å². The summed E-state index contributed by atoms with van der Waals surface area (Å²) in [5, 5.41) is 2.69. The molecule has 0 bridgehead atoms. The van der Waals surface area contributed by atoms with Crippen molar-refractivity contribution in [2.24, 2.45) is 5.73 Å². The topological polar surface area (TPSA) is 78.0 Å². The number of hydrogen-bond acceptors (Lipinski definition) is 3. The Labute approximate surface area is 118 Å². The van der Waals surface area contributed by atoms with Gasteiger partial charge in [0, 0.05) is 9.86 Å². The van der Waals surface area contributed by atoms with Gasteiger partial charge >= 0.3 is 6.18 Å². The Hall–Kier alpha value is -1.90. The van der Waals surface area contributed by atoms with Crippen molar-refractivity contribution in [1.29, 1.82) is 0 Å². The van der Waals surface area contributed by atoms with Crippen molar-refractivity contribution in [3.63, 3.8) is 0 Å². The van der Waals surface area contributed by atoms with Gasteiger partial charge in [-0.15, -0.1) is 0 Å². The molecule has 1 amide bonds. The molecule has 0 radical (unpaired) electrons. The Morgan fingerprint density at radius 2 is 2.00 bits per heavy atom. The number of carbonyl (C=O) groups is 1. The van der Waals surface area contributed by atoms with Crippen LogP contribution >= 0.6 is 15.9 Å². The van der Waals surface area contributed by atoms with Gasteiger partial charge in [0.05, 0.1) is 5.39 Å². The van der Waals surface area contributed by atoms with Gasteiger partial charge in [-0.2, -0.15) is 18.3 Å². The number of benzene rings is 1. The van der Waals surface area contributed by atoms with E-state index in [4.69, 9.17) is 5.73 Å². The molecule has 2 N–H and O–H groups in total. The fourth-order valence-electron chi connectivity index (χ4n) is 1.72. The molecule has 1 aromatic carbocycles. The first kappa shape index (κ1) is 14.5. The highest BCUT2D eigenvalue weighted by Crippen LogP contribution is 2.32. The van der Waals surface area contributed by atoms with Gasteiger partial charge in [0.25, 0.3) is 5.56 Å². The average molecular weight is 350 g/mol. The molecular formula is C11H7BrF3N3O2. The lowest BCUT2D eigenvalue weighted by molar-refractivity contribution is -0.141. The maximum Gasteiger partial charge on any atom is 0.435 e. The van der Waals surface area contributed by atoms with Gasteiger partial charge in [-0.05, 0) is 18.2 Å². The maximum atomic E-state index is 13.0. The van der Waals surface area contributed by atoms with E-state index in [2.05, 4.69) is 21.0 Å². The molecule has 1 aromatic heterocycles. The van der Waals surface area contributed by atoms with E-state index in [1.807, 2.05) is 0 Å². The Morgan fingerprint density at radius 1 is 1.35 bits per heavy atom. The Balaban J connectivity index is 2.88. The number of aromatic nitrogens is 2. The summed E-state index contributed by atoms with van der Waals surface area (Å²) in [5.74, 6) is -0.954. The average Bonchev–Trinajstić information content (AvgIpc) is 2.30. The number of halogens is 4. The Kier molecular flexibility index (Phi) is 3.55. The number of nitrogens with two attached hydrogens (primary N) is 1. The molecule has 1 heterocycles. The first-order valence-corrected chi connectivity index (χ1v) is 6.05. The number of carbonyl (C=O) groups excluding carboxylic acids is 1. The summed E-state index contributed by atoms with van der Waals surface area (Å²) < 4.78 is 39.8. The van der Waals surface area contributed by atoms with Crippen LogP contribution in [0.3, 0.4) is 0 Å². The van der Waals surface area contributed by atoms with Crippen molar-refractivity contribution in [1.82, 2.24) is 9.78 Å². The van der Waals surface area contributed by atoms with Gasteiger partial charge in [-0.25, -0.2) is 4.68 Å². The quantitative estimate of drug-likeness (QED) is 0.895. The van der Waals surface area contributed by atoms with Gasteiger partial charge < -0.3 is 5.73 Å². The second kappa shape index (κ2) is 4.89. The van der Waals surface area contributed by atoms with Gasteiger partial charge in [-0.1, -0.05) is 15.9 Å². The molecule has 0 unspecified atom stereocenters. The van der Waals surface area contributed by atoms with Crippen LogP contribution in [0, 0.1) is 0 Å². The summed E-state index contributed by atoms with van der Waals surface area (Å²) >= 11 is 3.04. The van der Waals surface area contributed by atoms with Crippen LogP contribution in [0.5, 0.6) is 0 Å². The number of alkyl halides is 3. The molecule has 0 saturated heterocycles. The smallest absolute Gasteiger partial charge is 0.368 e. The van der Waals surface area contributed by atoms with E-state index in [1.54, 1.807) is 0 Å². The minimum atomic E-state index is -4.76. The lowest BCUT2D eigenvalue weighted by Gasteiger charge is -2.12. The molecule has 0 aliphatic rings. The van der Waals surface area contributed by atoms with E-state index in [9.17, 15) is 22.8 Å². The number of fused-ring (bicyclic) bond motifs is 1. The first-order chi connectivity index (χ1) is 9.20. The summed E-state index contributed by atoms with van der Waals surface area (Å²) in [6, 6.07) is 3.82. The molecule has 5 nitrogen and oxygen atoms in total. The Bertz CT molecular complexity index is 755. The number of rotatable bonds is 2. The van der Waals surface area contributed by atoms with Gasteiger partial charge in [0.15, 0.2) is 5.69 Å². The Morgan fingerprint density at radius 3 is 2.55 bits per heavy atom. The molecule has 2 aromatic rings. The predicted molar refractivity (Wildman–Crippen MR) is 67.9 cm³/mol. The minimum absolute atomic E-state index is 0.184. The number of primary amides is 1. The second-order valence-corrected chi connectivity index (χ2v) is 4.88. The lowest BCUT2D eigenvalue weighted by atomic mass is 10.1. The van der Waals surface area contributed by atoms with Crippen molar-refractivity contribution in [2.75, 3.05) is 0 Å². The molecule has 20 heavy (non-hydrogen) atoms. The van der Waals surface area contributed by atoms with Crippen LogP contribution in [0.4, 0.5) is 13.2 Å². The summed E-state index contributed by atoms with van der Waals surface area (Å²) in [4.78, 5) is 22.8. The third kappa shape index (κ3) is 2.67. The van der Waals surface area contributed by atoms with Crippen LogP contribution in [0.2, 0.25) is 0 Å². The third-order valence-corrected chi connectivity index (χ3v) is 2.99. The van der Waals surface area contributed by atoms with Crippen LogP contribution in [-0.4, -0.2) is 15.7 Å². The van der Waals surface area contributed by atoms with Crippen molar-refractivity contribution in [3.05, 3.63) is 38.7 Å². The maximum absolute atomic E-state index is 13.0. The molecule has 0 aliphatic heterocycles. The van der Waals surface area contributed by atoms with E-state index in [1.165, 1.54) is 12.1 Å². The zero-order valence-electron chi connectivity index (χ0n) is 9.74. The van der Waals surface area contributed by atoms with Crippen molar-refractivity contribution in [3.8, 4) is 0 Å². The number of nitrogens with zero attached hydrogens (tertiary/aromatic N) is 2. The van der Waals surface area contributed by atoms with Crippen LogP contribution in [0.25, 0.3) is 10.8 Å². The largest absolute Gasteiger partial charge is 0.435 e. The first-order valence-electron chi connectivity index (χ1n) is 5.26. The highest BCUT2D eigenvalue weighted by atomic mass is 79.9. The summed E-state index contributed by atoms with van der Waals surface area (Å²) in [7, 11) is 0.